The minimum absolute atomic E-state index is 0.673. The highest BCUT2D eigenvalue weighted by molar-refractivity contribution is 5.89. The Morgan fingerprint density at radius 3 is 1.51 bits per heavy atom. The van der Waals surface area contributed by atoms with E-state index in [0.29, 0.717) is 0 Å². The van der Waals surface area contributed by atoms with Crippen LogP contribution < -0.4 is 5.73 Å². The molecule has 1 atom stereocenters. The fourth-order valence-corrected chi connectivity index (χ4v) is 4.18. The molecule has 0 saturated carbocycles. The quantitative estimate of drug-likeness (QED) is 0.330. The second kappa shape index (κ2) is 11.6. The first-order valence-electron chi connectivity index (χ1n) is 11.4. The molecule has 0 radical (unpaired) electrons. The fraction of sp³-hybridized carbons (Fsp3) is 0.0606. The molecule has 0 bridgehead atoms. The summed E-state index contributed by atoms with van der Waals surface area (Å²) < 4.78 is 0. The third-order valence-corrected chi connectivity index (χ3v) is 6.01. The van der Waals surface area contributed by atoms with E-state index in [-0.39, 0.29) is 0 Å². The molecule has 3 aromatic rings. The van der Waals surface area contributed by atoms with Crippen LogP contribution in [-0.2, 0) is 0 Å². The van der Waals surface area contributed by atoms with Crippen LogP contribution in [0.3, 0.4) is 0 Å². The van der Waals surface area contributed by atoms with Gasteiger partial charge in [0.25, 0.3) is 0 Å². The largest absolute Gasteiger partial charge is 0.313 e. The number of nitrogens with two attached hydrogens (primary N) is 1. The van der Waals surface area contributed by atoms with E-state index in [1.165, 1.54) is 0 Å². The van der Waals surface area contributed by atoms with Gasteiger partial charge >= 0.3 is 0 Å². The molecular weight excluding hydrogens is 424 g/mol. The molecule has 0 aromatic heterocycles. The Labute approximate surface area is 209 Å². The van der Waals surface area contributed by atoms with Crippen molar-refractivity contribution in [3.8, 4) is 28.3 Å². The maximum atomic E-state index is 9.01. The first-order valence-corrected chi connectivity index (χ1v) is 11.4. The number of allylic oxidation sites excluding steroid dienone is 5. The van der Waals surface area contributed by atoms with Gasteiger partial charge in [0, 0.05) is 0 Å². The molecule has 0 heterocycles. The predicted molar refractivity (Wildman–Crippen MR) is 153 cm³/mol. The zero-order valence-electron chi connectivity index (χ0n) is 20.2. The van der Waals surface area contributed by atoms with Crippen LogP contribution in [-0.4, -0.2) is 6.04 Å². The van der Waals surface area contributed by atoms with Crippen molar-refractivity contribution >= 4 is 23.3 Å². The van der Waals surface area contributed by atoms with Crippen LogP contribution >= 0.6 is 0 Å². The van der Waals surface area contributed by atoms with Crippen LogP contribution in [0.2, 0.25) is 0 Å². The summed E-state index contributed by atoms with van der Waals surface area (Å²) in [5.41, 5.74) is 16.2. The summed E-state index contributed by atoms with van der Waals surface area (Å²) in [4.78, 5) is 0. The molecule has 0 aliphatic heterocycles. The highest BCUT2D eigenvalue weighted by atomic mass is 14.6. The topological polar surface area (TPSA) is 49.8 Å². The molecule has 2 heteroatoms. The second-order valence-corrected chi connectivity index (χ2v) is 7.98. The van der Waals surface area contributed by atoms with Gasteiger partial charge in [0.05, 0.1) is 6.07 Å². The molecule has 3 aromatic carbocycles. The first-order chi connectivity index (χ1) is 17.0. The lowest BCUT2D eigenvalue weighted by Gasteiger charge is -2.16. The highest BCUT2D eigenvalue weighted by Crippen LogP contribution is 2.36. The lowest BCUT2D eigenvalue weighted by molar-refractivity contribution is 1.04. The molecule has 0 amide bonds. The van der Waals surface area contributed by atoms with Gasteiger partial charge in [-0.3, -0.25) is 0 Å². The van der Waals surface area contributed by atoms with E-state index in [0.717, 1.165) is 55.7 Å². The van der Waals surface area contributed by atoms with Crippen LogP contribution in [0, 0.1) is 11.3 Å². The monoisotopic (exact) mass is 454 g/mol. The van der Waals surface area contributed by atoms with E-state index in [1.807, 2.05) is 43.4 Å². The Morgan fingerprint density at radius 1 is 0.743 bits per heavy atom. The fourth-order valence-electron chi connectivity index (χ4n) is 4.18. The Hall–Kier alpha value is -4.45. The summed E-state index contributed by atoms with van der Waals surface area (Å²) in [6, 6.07) is 22.2. The molecule has 2 N–H and O–H groups in total. The Kier molecular flexibility index (Phi) is 8.35. The van der Waals surface area contributed by atoms with Gasteiger partial charge in [-0.25, -0.2) is 0 Å². The molecule has 35 heavy (non-hydrogen) atoms. The SMILES string of the molecule is C=C/C(=C\C)c1ccc(-c2ccc(-c3ccc(/C(C=C)=C/C(N)C#N)cc3)c(C=C)c2C=C)cc1. The number of nitrogens with zero attached hydrogens (tertiary/aromatic N) is 1. The average molecular weight is 455 g/mol. The lowest BCUT2D eigenvalue weighted by atomic mass is 9.88. The molecule has 1 unspecified atom stereocenters. The zero-order valence-corrected chi connectivity index (χ0v) is 20.2. The van der Waals surface area contributed by atoms with Gasteiger partial charge in [-0.05, 0) is 68.7 Å². The molecule has 172 valence electrons. The van der Waals surface area contributed by atoms with Gasteiger partial charge < -0.3 is 5.73 Å². The molecule has 0 aliphatic carbocycles. The first kappa shape index (κ1) is 25.2. The van der Waals surface area contributed by atoms with Gasteiger partial charge in [-0.1, -0.05) is 117 Å². The van der Waals surface area contributed by atoms with Gasteiger partial charge in [0.15, 0.2) is 0 Å². The van der Waals surface area contributed by atoms with Crippen molar-refractivity contribution in [1.29, 1.82) is 5.26 Å². The number of nitriles is 1. The van der Waals surface area contributed by atoms with Crippen molar-refractivity contribution in [3.05, 3.63) is 134 Å². The molecule has 2 nitrogen and oxygen atoms in total. The zero-order chi connectivity index (χ0) is 25.4. The van der Waals surface area contributed by atoms with E-state index >= 15 is 0 Å². The standard InChI is InChI=1S/C33H30N2/c1-6-23(7-2)25-11-15-27(16-12-25)32-19-20-33(31(10-5)30(32)9-4)28-17-13-26(14-18-28)24(8-3)21-29(35)22-34/h6-21,29H,1,3-5,35H2,2H3/b23-7+,24-21+. The van der Waals surface area contributed by atoms with Crippen molar-refractivity contribution in [2.45, 2.75) is 13.0 Å². The van der Waals surface area contributed by atoms with E-state index in [1.54, 1.807) is 12.2 Å². The maximum Gasteiger partial charge on any atom is 0.112 e. The van der Waals surface area contributed by atoms with Gasteiger partial charge in [-0.15, -0.1) is 0 Å². The normalized spacial score (nSPS) is 12.4. The third-order valence-electron chi connectivity index (χ3n) is 6.01. The van der Waals surface area contributed by atoms with Crippen molar-refractivity contribution in [2.75, 3.05) is 0 Å². The van der Waals surface area contributed by atoms with E-state index in [9.17, 15) is 0 Å². The third kappa shape index (κ3) is 5.38. The van der Waals surface area contributed by atoms with Crippen LogP contribution in [0.4, 0.5) is 0 Å². The van der Waals surface area contributed by atoms with Crippen LogP contribution in [0.5, 0.6) is 0 Å². The summed E-state index contributed by atoms with van der Waals surface area (Å²) in [6.07, 6.45) is 11.1. The Morgan fingerprint density at radius 2 is 1.17 bits per heavy atom. The summed E-state index contributed by atoms with van der Waals surface area (Å²) >= 11 is 0. The smallest absolute Gasteiger partial charge is 0.112 e. The number of benzene rings is 3. The molecular formula is C33H30N2. The number of hydrogen-bond acceptors (Lipinski definition) is 2. The Balaban J connectivity index is 2.05. The molecule has 0 spiro atoms. The Bertz CT molecular complexity index is 1360. The van der Waals surface area contributed by atoms with Crippen molar-refractivity contribution < 1.29 is 0 Å². The molecule has 3 rings (SSSR count). The van der Waals surface area contributed by atoms with Crippen molar-refractivity contribution in [3.63, 3.8) is 0 Å². The van der Waals surface area contributed by atoms with E-state index < -0.39 is 6.04 Å². The molecule has 0 saturated heterocycles. The predicted octanol–water partition coefficient (Wildman–Crippen LogP) is 8.32. The lowest BCUT2D eigenvalue weighted by Crippen LogP contribution is -2.13. The summed E-state index contributed by atoms with van der Waals surface area (Å²) in [6.45, 7) is 17.9. The summed E-state index contributed by atoms with van der Waals surface area (Å²) in [5, 5.41) is 9.01. The minimum Gasteiger partial charge on any atom is -0.313 e. The van der Waals surface area contributed by atoms with Crippen LogP contribution in [0.25, 0.3) is 45.6 Å². The highest BCUT2D eigenvalue weighted by Gasteiger charge is 2.13. The van der Waals surface area contributed by atoms with Crippen LogP contribution in [0.1, 0.15) is 29.2 Å². The minimum atomic E-state index is -0.673. The molecule has 0 fully saturated rings. The van der Waals surface area contributed by atoms with E-state index in [2.05, 4.69) is 80.9 Å². The van der Waals surface area contributed by atoms with Gasteiger partial charge in [-0.2, -0.15) is 5.26 Å². The van der Waals surface area contributed by atoms with Crippen molar-refractivity contribution in [2.24, 2.45) is 5.73 Å². The van der Waals surface area contributed by atoms with Crippen LogP contribution in [0.15, 0.2) is 111 Å². The van der Waals surface area contributed by atoms with Gasteiger partial charge in [0.2, 0.25) is 0 Å². The number of rotatable bonds is 9. The van der Waals surface area contributed by atoms with E-state index in [4.69, 9.17) is 11.0 Å². The summed E-state index contributed by atoms with van der Waals surface area (Å²) in [5.74, 6) is 0. The van der Waals surface area contributed by atoms with Crippen molar-refractivity contribution in [1.82, 2.24) is 0 Å². The molecule has 0 aliphatic rings. The second-order valence-electron chi connectivity index (χ2n) is 7.98. The summed E-state index contributed by atoms with van der Waals surface area (Å²) in [7, 11) is 0. The maximum absolute atomic E-state index is 9.01. The van der Waals surface area contributed by atoms with Gasteiger partial charge in [0.1, 0.15) is 6.04 Å². The average Bonchev–Trinajstić information content (AvgIpc) is 2.91. The number of hydrogen-bond donors (Lipinski definition) is 1.